The first-order chi connectivity index (χ1) is 52.8. The topological polar surface area (TPSA) is 307 Å². The van der Waals surface area contributed by atoms with Crippen LogP contribution in [0.3, 0.4) is 0 Å². The molecule has 0 aromatic carbocycles. The van der Waals surface area contributed by atoms with Gasteiger partial charge >= 0.3 is 0 Å². The molecule has 0 spiro atoms. The molecule has 3 aliphatic rings. The largest absolute Gasteiger partial charge is 0.394 e. The van der Waals surface area contributed by atoms with Crippen LogP contribution in [0.15, 0.2) is 48.6 Å². The Hall–Kier alpha value is -2.25. The highest BCUT2D eigenvalue weighted by molar-refractivity contribution is 5.76. The summed E-state index contributed by atoms with van der Waals surface area (Å²) in [5.41, 5.74) is 0. The van der Waals surface area contributed by atoms with E-state index in [1.807, 2.05) is 6.08 Å². The fourth-order valence-electron chi connectivity index (χ4n) is 15.2. The second-order valence-corrected chi connectivity index (χ2v) is 32.0. The van der Waals surface area contributed by atoms with Crippen LogP contribution >= 0.6 is 0 Å². The van der Waals surface area contributed by atoms with Crippen molar-refractivity contribution in [2.24, 2.45) is 0 Å². The summed E-state index contributed by atoms with van der Waals surface area (Å²) in [5, 5.41) is 121. The van der Waals surface area contributed by atoms with Crippen LogP contribution in [0.5, 0.6) is 0 Å². The number of unbranched alkanes of at least 4 members (excludes halogenated alkanes) is 51. The summed E-state index contributed by atoms with van der Waals surface area (Å²) in [7, 11) is 0. The second-order valence-electron chi connectivity index (χ2n) is 32.0. The maximum atomic E-state index is 13.5. The first-order valence-corrected chi connectivity index (χ1v) is 44.9. The third-order valence-corrected chi connectivity index (χ3v) is 22.3. The number of carbonyl (C=O) groups excluding carboxylic acids is 1. The predicted octanol–water partition coefficient (Wildman–Crippen LogP) is 16.8. The molecule has 0 radical (unpaired) electrons. The Balaban J connectivity index is 1.34. The number of hydrogen-bond acceptors (Lipinski definition) is 18. The molecule has 634 valence electrons. The van der Waals surface area contributed by atoms with Crippen molar-refractivity contribution in [1.29, 1.82) is 0 Å². The minimum Gasteiger partial charge on any atom is -0.394 e. The van der Waals surface area contributed by atoms with E-state index in [2.05, 4.69) is 55.6 Å². The molecule has 0 aromatic heterocycles. The smallest absolute Gasteiger partial charge is 0.220 e. The summed E-state index contributed by atoms with van der Waals surface area (Å²) in [6.07, 6.45) is 62.8. The Kier molecular flexibility index (Phi) is 63.9. The number of nitrogens with one attached hydrogen (secondary N) is 1. The lowest BCUT2D eigenvalue weighted by molar-refractivity contribution is -0.379. The molecule has 3 fully saturated rings. The Morgan fingerprint density at radius 2 is 0.593 bits per heavy atom. The molecule has 3 saturated heterocycles. The zero-order valence-corrected chi connectivity index (χ0v) is 68.3. The number of ether oxygens (including phenoxy) is 6. The first-order valence-electron chi connectivity index (χ1n) is 44.9. The third kappa shape index (κ3) is 47.6. The third-order valence-electron chi connectivity index (χ3n) is 22.3. The lowest BCUT2D eigenvalue weighted by Gasteiger charge is -2.48. The summed E-state index contributed by atoms with van der Waals surface area (Å²) in [4.78, 5) is 13.5. The molecule has 3 aliphatic heterocycles. The zero-order chi connectivity index (χ0) is 78.1. The zero-order valence-electron chi connectivity index (χ0n) is 68.3. The maximum Gasteiger partial charge on any atom is 0.220 e. The highest BCUT2D eigenvalue weighted by atomic mass is 16.8. The van der Waals surface area contributed by atoms with Gasteiger partial charge in [0, 0.05) is 6.42 Å². The highest BCUT2D eigenvalue weighted by Crippen LogP contribution is 2.34. The summed E-state index contributed by atoms with van der Waals surface area (Å²) in [5.74, 6) is -0.282. The van der Waals surface area contributed by atoms with E-state index in [-0.39, 0.29) is 18.9 Å². The molecule has 0 bridgehead atoms. The molecule has 19 heteroatoms. The lowest BCUT2D eigenvalue weighted by atomic mass is 9.96. The number of carbonyl (C=O) groups is 1. The first kappa shape index (κ1) is 99.9. The van der Waals surface area contributed by atoms with Crippen molar-refractivity contribution < 1.29 is 89.4 Å². The number of hydrogen-bond donors (Lipinski definition) is 12. The van der Waals surface area contributed by atoms with Crippen molar-refractivity contribution in [1.82, 2.24) is 5.32 Å². The number of aliphatic hydroxyl groups excluding tert-OH is 11. The molecule has 1 amide bonds. The Morgan fingerprint density at radius 1 is 0.324 bits per heavy atom. The van der Waals surface area contributed by atoms with Crippen molar-refractivity contribution in [3.8, 4) is 0 Å². The molecule has 19 nitrogen and oxygen atoms in total. The normalized spacial score (nSPS) is 25.6. The second kappa shape index (κ2) is 69.1. The van der Waals surface area contributed by atoms with Crippen molar-refractivity contribution >= 4 is 5.91 Å². The Labute approximate surface area is 656 Å². The van der Waals surface area contributed by atoms with Crippen molar-refractivity contribution in [2.45, 2.75) is 484 Å². The molecule has 108 heavy (non-hydrogen) atoms. The fourth-order valence-corrected chi connectivity index (χ4v) is 15.2. The molecule has 0 aliphatic carbocycles. The fraction of sp³-hybridized carbons (Fsp3) is 0.899. The summed E-state index contributed by atoms with van der Waals surface area (Å²) < 4.78 is 34.5. The number of aliphatic hydroxyl groups is 11. The summed E-state index contributed by atoms with van der Waals surface area (Å²) in [6.45, 7) is 1.77. The predicted molar refractivity (Wildman–Crippen MR) is 434 cm³/mol. The lowest BCUT2D eigenvalue weighted by Crippen LogP contribution is -2.66. The Bertz CT molecular complexity index is 2130. The van der Waals surface area contributed by atoms with Crippen LogP contribution in [0.4, 0.5) is 0 Å². The van der Waals surface area contributed by atoms with Gasteiger partial charge in [-0.3, -0.25) is 4.79 Å². The van der Waals surface area contributed by atoms with E-state index in [0.717, 1.165) is 44.9 Å². The van der Waals surface area contributed by atoms with Crippen LogP contribution in [-0.2, 0) is 33.2 Å². The summed E-state index contributed by atoms with van der Waals surface area (Å²) >= 11 is 0. The quantitative estimate of drug-likeness (QED) is 0.0199. The van der Waals surface area contributed by atoms with Gasteiger partial charge in [0.25, 0.3) is 0 Å². The van der Waals surface area contributed by atoms with Gasteiger partial charge in [0.2, 0.25) is 5.91 Å². The minimum absolute atomic E-state index is 0.235. The van der Waals surface area contributed by atoms with Gasteiger partial charge in [-0.05, 0) is 70.6 Å². The van der Waals surface area contributed by atoms with Crippen molar-refractivity contribution in [3.63, 3.8) is 0 Å². The molecule has 3 rings (SSSR count). The van der Waals surface area contributed by atoms with Crippen LogP contribution in [0.2, 0.25) is 0 Å². The van der Waals surface area contributed by atoms with Gasteiger partial charge in [-0.15, -0.1) is 0 Å². The van der Waals surface area contributed by atoms with E-state index >= 15 is 0 Å². The van der Waals surface area contributed by atoms with Gasteiger partial charge in [0.1, 0.15) is 73.2 Å². The molecule has 0 saturated carbocycles. The maximum absolute atomic E-state index is 13.5. The van der Waals surface area contributed by atoms with Crippen molar-refractivity contribution in [2.75, 3.05) is 26.4 Å². The van der Waals surface area contributed by atoms with Crippen LogP contribution in [0.25, 0.3) is 0 Å². The van der Waals surface area contributed by atoms with Gasteiger partial charge in [0.15, 0.2) is 18.9 Å². The molecule has 12 N–H and O–H groups in total. The molecular formula is C89H165NO18. The average molecular weight is 1540 g/mol. The molecule has 17 unspecified atom stereocenters. The highest BCUT2D eigenvalue weighted by Gasteiger charge is 2.54. The van der Waals surface area contributed by atoms with E-state index in [0.29, 0.717) is 12.8 Å². The van der Waals surface area contributed by atoms with Gasteiger partial charge in [-0.1, -0.05) is 351 Å². The summed E-state index contributed by atoms with van der Waals surface area (Å²) in [6, 6.07) is -0.998. The van der Waals surface area contributed by atoms with Crippen LogP contribution in [0.1, 0.15) is 380 Å². The average Bonchev–Trinajstić information content (AvgIpc) is 0.774. The van der Waals surface area contributed by atoms with Gasteiger partial charge in [0.05, 0.1) is 38.6 Å². The van der Waals surface area contributed by atoms with E-state index in [1.54, 1.807) is 6.08 Å². The van der Waals surface area contributed by atoms with Gasteiger partial charge in [-0.2, -0.15) is 0 Å². The standard InChI is InChI=1S/C89H165NO18/c1-3-5-7-9-11-13-15-17-19-21-23-25-27-29-31-33-34-35-36-37-38-39-41-43-45-47-49-51-53-55-57-59-61-63-65-67-77(95)90-72(73(94)66-64-62-60-58-56-54-52-50-48-46-44-42-40-32-30-28-26-24-22-20-18-16-14-12-10-8-6-4-2)71-103-87-83(101)80(98)85(75(69-92)105-87)108-89-84(102)81(99)86(76(70-93)106-89)107-88-82(100)79(97)78(96)74(68-91)104-88/h21,23,48,50,56,58,64,66,72-76,78-89,91-94,96-102H,3-20,22,24-47,49,51-55,57,59-63,65,67-71H2,1-2H3,(H,90,95)/b23-21-,50-48+,58-56+,66-64+. The van der Waals surface area contributed by atoms with Crippen LogP contribution in [0, 0.1) is 0 Å². The molecule has 17 atom stereocenters. The SMILES string of the molecule is CCCCCCCCCC/C=C\CCCCCCCCCCCCCCCCCCCCCCCCCC(=O)NC(COC1OC(CO)C(OC2OC(CO)C(OC3OC(CO)C(O)C(O)C3O)C(O)C2O)C(O)C1O)C(O)/C=C/CC/C=C/CC/C=C/CCCCCCCCCCCCCCCCCCCC. The minimum atomic E-state index is -1.98. The number of amides is 1. The van der Waals surface area contributed by atoms with E-state index in [9.17, 15) is 61.0 Å². The molecule has 3 heterocycles. The van der Waals surface area contributed by atoms with Gasteiger partial charge < -0.3 is 89.9 Å². The van der Waals surface area contributed by atoms with Gasteiger partial charge in [-0.25, -0.2) is 0 Å². The van der Waals surface area contributed by atoms with Crippen LogP contribution < -0.4 is 5.32 Å². The molecular weight excluding hydrogens is 1370 g/mol. The Morgan fingerprint density at radius 3 is 0.926 bits per heavy atom. The number of rotatable bonds is 73. The molecule has 0 aromatic rings. The van der Waals surface area contributed by atoms with Crippen molar-refractivity contribution in [3.05, 3.63) is 48.6 Å². The van der Waals surface area contributed by atoms with E-state index in [1.165, 1.54) is 302 Å². The van der Waals surface area contributed by atoms with Crippen LogP contribution in [-0.4, -0.2) is 193 Å². The van der Waals surface area contributed by atoms with E-state index < -0.39 is 124 Å². The monoisotopic (exact) mass is 1540 g/mol. The van der Waals surface area contributed by atoms with E-state index in [4.69, 9.17) is 28.4 Å². The number of allylic oxidation sites excluding steroid dienone is 7.